The van der Waals surface area contributed by atoms with Gasteiger partial charge in [0.15, 0.2) is 5.76 Å². The van der Waals surface area contributed by atoms with E-state index in [1.165, 1.54) is 0 Å². The molecule has 0 bridgehead atoms. The zero-order chi connectivity index (χ0) is 17.1. The molecule has 0 unspecified atom stereocenters. The van der Waals surface area contributed by atoms with Gasteiger partial charge in [0.1, 0.15) is 5.82 Å². The fraction of sp³-hybridized carbons (Fsp3) is 0.278. The predicted molar refractivity (Wildman–Crippen MR) is 90.6 cm³/mol. The Bertz CT molecular complexity index is 873. The van der Waals surface area contributed by atoms with Gasteiger partial charge in [-0.2, -0.15) is 5.26 Å². The number of nitrogens with zero attached hydrogens (tertiary/aromatic N) is 5. The Labute approximate surface area is 145 Å². The van der Waals surface area contributed by atoms with Gasteiger partial charge in [-0.25, -0.2) is 4.98 Å². The topological polar surface area (TPSA) is 82.3 Å². The molecule has 0 radical (unpaired) electrons. The van der Waals surface area contributed by atoms with Gasteiger partial charge in [0.25, 0.3) is 0 Å². The van der Waals surface area contributed by atoms with E-state index in [0.29, 0.717) is 17.1 Å². The number of nitriles is 1. The van der Waals surface area contributed by atoms with Crippen LogP contribution >= 0.6 is 0 Å². The molecule has 0 aliphatic carbocycles. The van der Waals surface area contributed by atoms with Crippen LogP contribution < -0.4 is 4.90 Å². The van der Waals surface area contributed by atoms with Crippen molar-refractivity contribution in [2.75, 3.05) is 31.1 Å². The second-order valence-corrected chi connectivity index (χ2v) is 5.94. The van der Waals surface area contributed by atoms with Crippen LogP contribution in [0.1, 0.15) is 11.3 Å². The van der Waals surface area contributed by atoms with Crippen molar-refractivity contribution in [2.24, 2.45) is 0 Å². The predicted octanol–water partition coefficient (Wildman–Crippen LogP) is 2.52. The minimum Gasteiger partial charge on any atom is -0.461 e. The molecule has 4 rings (SSSR count). The van der Waals surface area contributed by atoms with E-state index >= 15 is 0 Å². The van der Waals surface area contributed by atoms with E-state index in [-0.39, 0.29) is 0 Å². The first-order valence-corrected chi connectivity index (χ1v) is 8.15. The van der Waals surface area contributed by atoms with Crippen LogP contribution in [-0.2, 0) is 6.54 Å². The number of hydrogen-bond acceptors (Lipinski definition) is 7. The molecule has 7 heteroatoms. The fourth-order valence-corrected chi connectivity index (χ4v) is 2.95. The van der Waals surface area contributed by atoms with Gasteiger partial charge in [-0.3, -0.25) is 4.90 Å². The Kier molecular flexibility index (Phi) is 4.19. The number of furan rings is 1. The molecule has 4 heterocycles. The van der Waals surface area contributed by atoms with Crippen molar-refractivity contribution in [1.29, 1.82) is 5.26 Å². The average molecular weight is 335 g/mol. The zero-order valence-corrected chi connectivity index (χ0v) is 13.6. The number of anilines is 1. The van der Waals surface area contributed by atoms with Crippen molar-refractivity contribution in [1.82, 2.24) is 15.0 Å². The third kappa shape index (κ3) is 3.39. The van der Waals surface area contributed by atoms with Crippen molar-refractivity contribution in [2.45, 2.75) is 6.54 Å². The number of aromatic nitrogens is 2. The Morgan fingerprint density at radius 2 is 2.00 bits per heavy atom. The van der Waals surface area contributed by atoms with E-state index in [2.05, 4.69) is 26.0 Å². The Balaban J connectivity index is 1.35. The lowest BCUT2D eigenvalue weighted by Gasteiger charge is -2.34. The van der Waals surface area contributed by atoms with Crippen molar-refractivity contribution in [3.63, 3.8) is 0 Å². The molecule has 0 amide bonds. The largest absolute Gasteiger partial charge is 0.461 e. The van der Waals surface area contributed by atoms with E-state index in [1.54, 1.807) is 18.5 Å². The van der Waals surface area contributed by atoms with Gasteiger partial charge in [-0.05, 0) is 24.3 Å². The lowest BCUT2D eigenvalue weighted by atomic mass is 10.2. The normalized spacial score (nSPS) is 15.2. The molecule has 126 valence electrons. The van der Waals surface area contributed by atoms with Crippen molar-refractivity contribution >= 4 is 5.82 Å². The summed E-state index contributed by atoms with van der Waals surface area (Å²) >= 11 is 0. The van der Waals surface area contributed by atoms with E-state index in [4.69, 9.17) is 14.2 Å². The highest BCUT2D eigenvalue weighted by atomic mass is 16.5. The van der Waals surface area contributed by atoms with Gasteiger partial charge >= 0.3 is 0 Å². The SMILES string of the molecule is N#Cc1ccnc(N2CCN(Cc3cc(-c4ccco4)on3)CC2)c1. The minimum absolute atomic E-state index is 0.639. The molecular weight excluding hydrogens is 318 g/mol. The second kappa shape index (κ2) is 6.79. The Morgan fingerprint density at radius 1 is 1.12 bits per heavy atom. The molecule has 0 N–H and O–H groups in total. The van der Waals surface area contributed by atoms with Crippen LogP contribution in [-0.4, -0.2) is 41.2 Å². The average Bonchev–Trinajstić information content (AvgIpc) is 3.34. The summed E-state index contributed by atoms with van der Waals surface area (Å²) in [7, 11) is 0. The Hall–Kier alpha value is -3.11. The first kappa shape index (κ1) is 15.4. The smallest absolute Gasteiger partial charge is 0.202 e. The van der Waals surface area contributed by atoms with Crippen LogP contribution in [0.5, 0.6) is 0 Å². The first-order valence-electron chi connectivity index (χ1n) is 8.15. The van der Waals surface area contributed by atoms with E-state index in [0.717, 1.165) is 44.2 Å². The number of piperazine rings is 1. The second-order valence-electron chi connectivity index (χ2n) is 5.94. The summed E-state index contributed by atoms with van der Waals surface area (Å²) in [5.41, 5.74) is 1.53. The summed E-state index contributed by atoms with van der Waals surface area (Å²) in [5, 5.41) is 13.1. The molecule has 25 heavy (non-hydrogen) atoms. The summed E-state index contributed by atoms with van der Waals surface area (Å²) in [4.78, 5) is 8.90. The van der Waals surface area contributed by atoms with Crippen LogP contribution in [0.15, 0.2) is 51.7 Å². The number of rotatable bonds is 4. The van der Waals surface area contributed by atoms with Crippen molar-refractivity contribution in [3.05, 3.63) is 54.0 Å². The maximum atomic E-state index is 9.01. The molecule has 0 spiro atoms. The molecule has 1 fully saturated rings. The van der Waals surface area contributed by atoms with Crippen LogP contribution in [0.25, 0.3) is 11.5 Å². The van der Waals surface area contributed by atoms with E-state index < -0.39 is 0 Å². The molecule has 3 aromatic heterocycles. The third-order valence-electron chi connectivity index (χ3n) is 4.28. The summed E-state index contributed by atoms with van der Waals surface area (Å²) in [6.45, 7) is 4.28. The van der Waals surface area contributed by atoms with Gasteiger partial charge in [-0.1, -0.05) is 5.16 Å². The molecule has 0 atom stereocenters. The molecular formula is C18H17N5O2. The summed E-state index contributed by atoms with van der Waals surface area (Å²) in [6.07, 6.45) is 3.30. The lowest BCUT2D eigenvalue weighted by Crippen LogP contribution is -2.46. The summed E-state index contributed by atoms with van der Waals surface area (Å²) < 4.78 is 10.7. The van der Waals surface area contributed by atoms with Crippen molar-refractivity contribution in [3.8, 4) is 17.6 Å². The third-order valence-corrected chi connectivity index (χ3v) is 4.28. The molecule has 3 aromatic rings. The van der Waals surface area contributed by atoms with Crippen LogP contribution in [0.4, 0.5) is 5.82 Å². The van der Waals surface area contributed by atoms with Gasteiger partial charge in [0.2, 0.25) is 5.76 Å². The van der Waals surface area contributed by atoms with Crippen LogP contribution in [0, 0.1) is 11.3 Å². The first-order chi connectivity index (χ1) is 12.3. The van der Waals surface area contributed by atoms with Gasteiger partial charge in [0, 0.05) is 45.0 Å². The standard InChI is InChI=1S/C18H17N5O2/c19-12-14-3-4-20-18(10-14)23-7-5-22(6-8-23)13-15-11-17(25-21-15)16-2-1-9-24-16/h1-4,9-11H,5-8,13H2. The molecule has 1 saturated heterocycles. The molecule has 1 aliphatic rings. The fourth-order valence-electron chi connectivity index (χ4n) is 2.95. The highest BCUT2D eigenvalue weighted by molar-refractivity contribution is 5.49. The zero-order valence-electron chi connectivity index (χ0n) is 13.6. The van der Waals surface area contributed by atoms with E-state index in [9.17, 15) is 0 Å². The van der Waals surface area contributed by atoms with Gasteiger partial charge in [-0.15, -0.1) is 0 Å². The highest BCUT2D eigenvalue weighted by Crippen LogP contribution is 2.22. The Morgan fingerprint density at radius 3 is 2.76 bits per heavy atom. The van der Waals surface area contributed by atoms with Gasteiger partial charge in [0.05, 0.1) is 23.6 Å². The quantitative estimate of drug-likeness (QED) is 0.724. The maximum Gasteiger partial charge on any atom is 0.202 e. The summed E-state index contributed by atoms with van der Waals surface area (Å²) in [5.74, 6) is 2.20. The van der Waals surface area contributed by atoms with Crippen LogP contribution in [0.3, 0.4) is 0 Å². The van der Waals surface area contributed by atoms with Gasteiger partial charge < -0.3 is 13.8 Å². The van der Waals surface area contributed by atoms with Crippen molar-refractivity contribution < 1.29 is 8.94 Å². The number of pyridine rings is 1. The molecule has 0 aromatic carbocycles. The monoisotopic (exact) mass is 335 g/mol. The molecule has 0 saturated carbocycles. The van der Waals surface area contributed by atoms with Crippen LogP contribution in [0.2, 0.25) is 0 Å². The minimum atomic E-state index is 0.639. The summed E-state index contributed by atoms with van der Waals surface area (Å²) in [6, 6.07) is 11.3. The highest BCUT2D eigenvalue weighted by Gasteiger charge is 2.20. The number of hydrogen-bond donors (Lipinski definition) is 0. The maximum absolute atomic E-state index is 9.01. The molecule has 7 nitrogen and oxygen atoms in total. The lowest BCUT2D eigenvalue weighted by molar-refractivity contribution is 0.242. The molecule has 1 aliphatic heterocycles. The van der Waals surface area contributed by atoms with E-state index in [1.807, 2.05) is 24.3 Å².